The fourth-order valence-electron chi connectivity index (χ4n) is 4.02. The van der Waals surface area contributed by atoms with Crippen molar-refractivity contribution in [3.63, 3.8) is 0 Å². The Labute approximate surface area is 222 Å². The third-order valence-corrected chi connectivity index (χ3v) is 7.00. The number of fused-ring (bicyclic) bond motifs is 1. The molecular formula is C26H28F3N7OS. The number of nitrogens with zero attached hydrogens (tertiary/aromatic N) is 4. The second-order valence-electron chi connectivity index (χ2n) is 10.0. The molecule has 1 aliphatic heterocycles. The van der Waals surface area contributed by atoms with Gasteiger partial charge < -0.3 is 15.4 Å². The molecule has 8 nitrogen and oxygen atoms in total. The summed E-state index contributed by atoms with van der Waals surface area (Å²) in [6.45, 7) is 7.41. The summed E-state index contributed by atoms with van der Waals surface area (Å²) in [6, 6.07) is 9.06. The molecule has 3 N–H and O–H groups in total. The zero-order valence-electron chi connectivity index (χ0n) is 21.2. The van der Waals surface area contributed by atoms with Crippen molar-refractivity contribution in [2.24, 2.45) is 0 Å². The van der Waals surface area contributed by atoms with Crippen LogP contribution in [0.3, 0.4) is 0 Å². The Kier molecular flexibility index (Phi) is 7.46. The van der Waals surface area contributed by atoms with E-state index >= 15 is 0 Å². The second kappa shape index (κ2) is 10.8. The monoisotopic (exact) mass is 543 g/mol. The molecule has 1 saturated heterocycles. The standard InChI is InChI=1S/C26H28F3N7OS/c1-26(2,3)35-38-18-6-4-5-16(13-18)31-25-30-14-19-23(32-22-20(28)11-15(27)12-21(22)29)34-36(24(19)33-25)17-7-9-37-10-8-17/h4-6,11-14,17,35H,7-10H2,1-3H3,(H,32,34)(H,30,31,33). The molecule has 12 heteroatoms. The highest BCUT2D eigenvalue weighted by atomic mass is 32.2. The van der Waals surface area contributed by atoms with Gasteiger partial charge in [-0.25, -0.2) is 22.8 Å². The first-order chi connectivity index (χ1) is 18.2. The van der Waals surface area contributed by atoms with Crippen LogP contribution in [0.5, 0.6) is 0 Å². The summed E-state index contributed by atoms with van der Waals surface area (Å²) >= 11 is 1.53. The van der Waals surface area contributed by atoms with Crippen molar-refractivity contribution in [3.05, 3.63) is 60.0 Å². The van der Waals surface area contributed by atoms with Gasteiger partial charge in [0.1, 0.15) is 11.5 Å². The van der Waals surface area contributed by atoms with E-state index in [0.29, 0.717) is 55.2 Å². The van der Waals surface area contributed by atoms with Crippen LogP contribution in [0.15, 0.2) is 47.5 Å². The van der Waals surface area contributed by atoms with Gasteiger partial charge in [-0.2, -0.15) is 10.1 Å². The largest absolute Gasteiger partial charge is 0.381 e. The van der Waals surface area contributed by atoms with Crippen LogP contribution in [-0.2, 0) is 4.74 Å². The number of hydrogen-bond donors (Lipinski definition) is 3. The predicted octanol–water partition coefficient (Wildman–Crippen LogP) is 6.48. The SMILES string of the molecule is CC(C)(C)NSc1cccc(Nc2ncc3c(Nc4c(F)cc(F)cc4F)nn(C4CCOCC4)c3n2)c1. The topological polar surface area (TPSA) is 88.9 Å². The van der Waals surface area contributed by atoms with Crippen molar-refractivity contribution in [2.45, 2.75) is 50.1 Å². The summed E-state index contributed by atoms with van der Waals surface area (Å²) in [6.07, 6.45) is 2.97. The number of anilines is 4. The number of nitrogens with one attached hydrogen (secondary N) is 3. The van der Waals surface area contributed by atoms with Crippen LogP contribution in [-0.4, -0.2) is 38.5 Å². The number of rotatable bonds is 7. The molecule has 0 atom stereocenters. The van der Waals surface area contributed by atoms with E-state index in [1.54, 1.807) is 10.9 Å². The minimum absolute atomic E-state index is 0.0179. The molecule has 0 radical (unpaired) electrons. The second-order valence-corrected chi connectivity index (χ2v) is 10.9. The Hall–Kier alpha value is -3.35. The molecule has 38 heavy (non-hydrogen) atoms. The lowest BCUT2D eigenvalue weighted by atomic mass is 10.1. The minimum Gasteiger partial charge on any atom is -0.381 e. The summed E-state index contributed by atoms with van der Waals surface area (Å²) in [7, 11) is 0. The molecule has 1 aliphatic rings. The zero-order valence-corrected chi connectivity index (χ0v) is 22.0. The van der Waals surface area contributed by atoms with Gasteiger partial charge in [0.15, 0.2) is 23.1 Å². The number of benzene rings is 2. The lowest BCUT2D eigenvalue weighted by Crippen LogP contribution is -2.29. The molecule has 0 bridgehead atoms. The van der Waals surface area contributed by atoms with E-state index in [4.69, 9.17) is 9.72 Å². The van der Waals surface area contributed by atoms with E-state index < -0.39 is 23.1 Å². The van der Waals surface area contributed by atoms with Gasteiger partial charge in [-0.1, -0.05) is 6.07 Å². The van der Waals surface area contributed by atoms with Crippen LogP contribution in [0.2, 0.25) is 0 Å². The van der Waals surface area contributed by atoms with Gasteiger partial charge >= 0.3 is 0 Å². The van der Waals surface area contributed by atoms with Crippen molar-refractivity contribution in [1.29, 1.82) is 0 Å². The normalized spacial score (nSPS) is 14.7. The van der Waals surface area contributed by atoms with Crippen LogP contribution in [0, 0.1) is 17.5 Å². The van der Waals surface area contributed by atoms with Crippen LogP contribution in [0.4, 0.5) is 36.3 Å². The van der Waals surface area contributed by atoms with Gasteiger partial charge in [-0.05, 0) is 63.8 Å². The first kappa shape index (κ1) is 26.3. The van der Waals surface area contributed by atoms with Gasteiger partial charge in [0.2, 0.25) is 5.95 Å². The molecule has 0 spiro atoms. The summed E-state index contributed by atoms with van der Waals surface area (Å²) < 4.78 is 52.8. The minimum atomic E-state index is -1.06. The Morgan fingerprint density at radius 2 is 1.76 bits per heavy atom. The maximum absolute atomic E-state index is 14.4. The van der Waals surface area contributed by atoms with E-state index in [1.807, 2.05) is 24.3 Å². The van der Waals surface area contributed by atoms with Gasteiger partial charge in [0.25, 0.3) is 0 Å². The summed E-state index contributed by atoms with van der Waals surface area (Å²) in [4.78, 5) is 10.2. The van der Waals surface area contributed by atoms with Crippen LogP contribution < -0.4 is 15.4 Å². The van der Waals surface area contributed by atoms with Crippen molar-refractivity contribution >= 4 is 46.1 Å². The van der Waals surface area contributed by atoms with Crippen LogP contribution >= 0.6 is 11.9 Å². The van der Waals surface area contributed by atoms with E-state index in [9.17, 15) is 13.2 Å². The molecule has 2 aromatic carbocycles. The number of aromatic nitrogens is 4. The average Bonchev–Trinajstić information content (AvgIpc) is 3.23. The highest BCUT2D eigenvalue weighted by Crippen LogP contribution is 2.33. The predicted molar refractivity (Wildman–Crippen MR) is 142 cm³/mol. The molecule has 1 fully saturated rings. The summed E-state index contributed by atoms with van der Waals surface area (Å²) in [5, 5.41) is 11.0. The molecule has 0 aliphatic carbocycles. The molecule has 0 saturated carbocycles. The highest BCUT2D eigenvalue weighted by Gasteiger charge is 2.24. The van der Waals surface area contributed by atoms with E-state index in [0.717, 1.165) is 10.6 Å². The highest BCUT2D eigenvalue weighted by molar-refractivity contribution is 7.97. The quantitative estimate of drug-likeness (QED) is 0.228. The van der Waals surface area contributed by atoms with Crippen molar-refractivity contribution in [3.8, 4) is 0 Å². The third kappa shape index (κ3) is 6.03. The molecule has 0 amide bonds. The molecule has 3 heterocycles. The Morgan fingerprint density at radius 1 is 1.03 bits per heavy atom. The van der Waals surface area contributed by atoms with Gasteiger partial charge in [-0.3, -0.25) is 4.72 Å². The number of halogens is 3. The van der Waals surface area contributed by atoms with E-state index in [1.165, 1.54) is 11.9 Å². The van der Waals surface area contributed by atoms with Crippen molar-refractivity contribution < 1.29 is 17.9 Å². The van der Waals surface area contributed by atoms with Crippen LogP contribution in [0.25, 0.3) is 11.0 Å². The first-order valence-electron chi connectivity index (χ1n) is 12.2. The Balaban J connectivity index is 1.48. The van der Waals surface area contributed by atoms with Crippen molar-refractivity contribution in [1.82, 2.24) is 24.5 Å². The fourth-order valence-corrected chi connectivity index (χ4v) is 4.78. The Bertz CT molecular complexity index is 1430. The molecule has 4 aromatic rings. The molecule has 0 unspecified atom stereocenters. The van der Waals surface area contributed by atoms with Gasteiger partial charge in [-0.15, -0.1) is 0 Å². The number of ether oxygens (including phenoxy) is 1. The van der Waals surface area contributed by atoms with E-state index in [2.05, 4.69) is 46.2 Å². The zero-order chi connectivity index (χ0) is 26.9. The average molecular weight is 544 g/mol. The van der Waals surface area contributed by atoms with Crippen LogP contribution in [0.1, 0.15) is 39.7 Å². The Morgan fingerprint density at radius 3 is 2.47 bits per heavy atom. The maximum atomic E-state index is 14.4. The van der Waals surface area contributed by atoms with Gasteiger partial charge in [0, 0.05) is 47.7 Å². The lowest BCUT2D eigenvalue weighted by molar-refractivity contribution is 0.0674. The summed E-state index contributed by atoms with van der Waals surface area (Å²) in [5.41, 5.74) is 0.761. The molecule has 200 valence electrons. The maximum Gasteiger partial charge on any atom is 0.229 e. The summed E-state index contributed by atoms with van der Waals surface area (Å²) in [5.74, 6) is -2.60. The van der Waals surface area contributed by atoms with Gasteiger partial charge in [0.05, 0.1) is 11.4 Å². The molecule has 5 rings (SSSR count). The molecular weight excluding hydrogens is 515 g/mol. The van der Waals surface area contributed by atoms with E-state index in [-0.39, 0.29) is 17.4 Å². The first-order valence-corrected chi connectivity index (χ1v) is 13.0. The number of hydrogen-bond acceptors (Lipinski definition) is 8. The van der Waals surface area contributed by atoms with Crippen molar-refractivity contribution in [2.75, 3.05) is 23.8 Å². The fraction of sp³-hybridized carbons (Fsp3) is 0.346. The lowest BCUT2D eigenvalue weighted by Gasteiger charge is -2.22. The third-order valence-electron chi connectivity index (χ3n) is 5.80. The molecule has 2 aromatic heterocycles. The smallest absolute Gasteiger partial charge is 0.229 e.